The van der Waals surface area contributed by atoms with Crippen molar-refractivity contribution in [1.29, 1.82) is 0 Å². The highest BCUT2D eigenvalue weighted by atomic mass is 32.2. The largest absolute Gasteiger partial charge is 0.508 e. The van der Waals surface area contributed by atoms with E-state index < -0.39 is 144 Å². The molecule has 3 N–H and O–H groups in total. The maximum atomic E-state index is 15.4. The van der Waals surface area contributed by atoms with Crippen LogP contribution in [-0.2, 0) is 16.6 Å². The third kappa shape index (κ3) is 7.81. The van der Waals surface area contributed by atoms with Crippen molar-refractivity contribution in [2.24, 2.45) is 0 Å². The Labute approximate surface area is 324 Å². The van der Waals surface area contributed by atoms with E-state index in [0.717, 1.165) is 22.8 Å². The summed E-state index contributed by atoms with van der Waals surface area (Å²) in [7, 11) is 0.0363. The zero-order chi connectivity index (χ0) is 45.5. The Kier molecular flexibility index (Phi) is 14.4. The van der Waals surface area contributed by atoms with Crippen LogP contribution in [-0.4, -0.2) is 46.2 Å². The lowest BCUT2D eigenvalue weighted by molar-refractivity contribution is 0.316. The van der Waals surface area contributed by atoms with Crippen LogP contribution in [0.1, 0.15) is 5.56 Å². The molecule has 60 heavy (non-hydrogen) atoms. The van der Waals surface area contributed by atoms with Gasteiger partial charge in [-0.3, -0.25) is 0 Å². The van der Waals surface area contributed by atoms with Gasteiger partial charge in [-0.05, 0) is 23.0 Å². The summed E-state index contributed by atoms with van der Waals surface area (Å²) in [4.78, 5) is 0. The molecule has 0 radical (unpaired) electrons. The molecule has 0 aliphatic carbocycles. The van der Waals surface area contributed by atoms with E-state index in [-0.39, 0.29) is 29.9 Å². The number of hydrogen-bond donors (Lipinski definition) is 3. The quantitative estimate of drug-likeness (QED) is 0.0505. The Hall–Kier alpha value is -5.17. The monoisotopic (exact) mass is 908 g/mol. The van der Waals surface area contributed by atoms with E-state index in [1.165, 1.54) is 0 Å². The van der Waals surface area contributed by atoms with Gasteiger partial charge >= 0.3 is 0 Å². The summed E-state index contributed by atoms with van der Waals surface area (Å²) < 4.78 is 294. The Morgan fingerprint density at radius 3 is 0.733 bits per heavy atom. The topological polar surface area (TPSA) is 60.7 Å². The smallest absolute Gasteiger partial charge is 0.200 e. The Bertz CT molecular complexity index is 2080. The first kappa shape index (κ1) is 47.5. The molecule has 0 fully saturated rings. The van der Waals surface area contributed by atoms with Crippen molar-refractivity contribution in [3.63, 3.8) is 0 Å². The molecule has 324 valence electrons. The first-order valence-electron chi connectivity index (χ1n) is 15.8. The second kappa shape index (κ2) is 18.2. The predicted molar refractivity (Wildman–Crippen MR) is 172 cm³/mol. The van der Waals surface area contributed by atoms with Crippen LogP contribution in [0.5, 0.6) is 5.75 Å². The first-order chi connectivity index (χ1) is 28.0. The molecule has 3 nitrogen and oxygen atoms in total. The van der Waals surface area contributed by atoms with Crippen LogP contribution < -0.4 is 21.9 Å². The van der Waals surface area contributed by atoms with Crippen LogP contribution in [0.3, 0.4) is 0 Å². The molecule has 0 bridgehead atoms. The van der Waals surface area contributed by atoms with Crippen molar-refractivity contribution in [2.75, 3.05) is 24.7 Å². The summed E-state index contributed by atoms with van der Waals surface area (Å²) in [5, 5.41) is 26.9. The van der Waals surface area contributed by atoms with Gasteiger partial charge in [-0.1, -0.05) is 12.1 Å². The number of benzene rings is 5. The van der Waals surface area contributed by atoms with Crippen LogP contribution in [0.25, 0.3) is 0 Å². The lowest BCUT2D eigenvalue weighted by Gasteiger charge is -2.44. The normalized spacial score (nSPS) is 11.7. The van der Waals surface area contributed by atoms with Crippen molar-refractivity contribution >= 4 is 38.9 Å². The van der Waals surface area contributed by atoms with Crippen LogP contribution >= 0.6 is 0 Å². The van der Waals surface area contributed by atoms with Crippen molar-refractivity contribution in [3.8, 4) is 5.75 Å². The summed E-state index contributed by atoms with van der Waals surface area (Å²) in [6.45, 7) is 0.336. The number of aromatic hydroxyl groups is 1. The van der Waals surface area contributed by atoms with Gasteiger partial charge in [-0.25, -0.2) is 87.8 Å². The highest BCUT2D eigenvalue weighted by molar-refractivity contribution is 7.96. The first-order valence-corrected chi connectivity index (χ1v) is 17.6. The van der Waals surface area contributed by atoms with Crippen LogP contribution in [0.15, 0.2) is 24.3 Å². The van der Waals surface area contributed by atoms with Crippen molar-refractivity contribution in [1.82, 2.24) is 0 Å². The molecule has 0 aliphatic heterocycles. The summed E-state index contributed by atoms with van der Waals surface area (Å²) >= 11 is 0. The summed E-state index contributed by atoms with van der Waals surface area (Å²) in [6, 6.07) is 7.08. The summed E-state index contributed by atoms with van der Waals surface area (Å²) in [6.07, 6.45) is -7.22. The fourth-order valence-corrected chi connectivity index (χ4v) is 7.88. The number of halogens is 20. The van der Waals surface area contributed by atoms with E-state index in [1.807, 2.05) is 12.1 Å². The second-order valence-electron chi connectivity index (χ2n) is 12.1. The second-order valence-corrected chi connectivity index (χ2v) is 14.4. The molecular weight excluding hydrogens is 891 g/mol. The van der Waals surface area contributed by atoms with Gasteiger partial charge < -0.3 is 15.3 Å². The van der Waals surface area contributed by atoms with Gasteiger partial charge in [0.2, 0.25) is 0 Å². The van der Waals surface area contributed by atoms with Gasteiger partial charge in [0.15, 0.2) is 69.8 Å². The average Bonchev–Trinajstić information content (AvgIpc) is 3.22. The maximum Gasteiger partial charge on any atom is 0.200 e. The van der Waals surface area contributed by atoms with Crippen LogP contribution in [0, 0.1) is 116 Å². The predicted octanol–water partition coefficient (Wildman–Crippen LogP) is 6.34. The molecule has 0 saturated heterocycles. The van der Waals surface area contributed by atoms with E-state index in [2.05, 4.69) is 0 Å². The van der Waals surface area contributed by atoms with E-state index in [1.54, 1.807) is 12.1 Å². The Morgan fingerprint density at radius 2 is 0.533 bits per heavy atom. The van der Waals surface area contributed by atoms with Crippen LogP contribution in [0.2, 0.25) is 0 Å². The molecule has 5 aromatic rings. The minimum Gasteiger partial charge on any atom is -0.508 e. The number of aliphatic hydroxyl groups is 2. The molecule has 0 heterocycles. The third-order valence-electron chi connectivity index (χ3n) is 8.77. The minimum atomic E-state index is -7.22. The molecule has 0 saturated carbocycles. The zero-order valence-corrected chi connectivity index (χ0v) is 29.5. The van der Waals surface area contributed by atoms with Gasteiger partial charge in [-0.15, -0.1) is 21.9 Å². The summed E-state index contributed by atoms with van der Waals surface area (Å²) in [5.41, 5.74) is -13.2. The number of rotatable bonds is 10. The fourth-order valence-electron chi connectivity index (χ4n) is 6.21. The lowest BCUT2D eigenvalue weighted by atomic mass is 9.12. The SMILES string of the molecule is Fc1c(F)c(F)c([B-](c2c(F)c(F)c(F)c(F)c2F)(c2c(F)c(F)c(F)c(F)c2F)c2c(F)c(F)c(F)c(F)c2F)c(F)c1F.OCC[S+](CCO)Cc1ccc(O)cc1. The molecule has 0 aliphatic rings. The average molecular weight is 908 g/mol. The van der Waals surface area contributed by atoms with Gasteiger partial charge in [-0.2, -0.15) is 0 Å². The molecule has 0 atom stereocenters. The van der Waals surface area contributed by atoms with Gasteiger partial charge in [0.1, 0.15) is 75.7 Å². The lowest BCUT2D eigenvalue weighted by Crippen LogP contribution is -2.81. The van der Waals surface area contributed by atoms with Crippen molar-refractivity contribution < 1.29 is 103 Å². The van der Waals surface area contributed by atoms with E-state index in [9.17, 15) is 52.7 Å². The Morgan fingerprint density at radius 1 is 0.333 bits per heavy atom. The number of aliphatic hydroxyl groups excluding tert-OH is 2. The molecule has 0 unspecified atom stereocenters. The van der Waals surface area contributed by atoms with E-state index >= 15 is 35.1 Å². The molecule has 5 aromatic carbocycles. The zero-order valence-electron chi connectivity index (χ0n) is 28.7. The third-order valence-corrected chi connectivity index (χ3v) is 11.0. The highest BCUT2D eigenvalue weighted by Gasteiger charge is 2.52. The molecular formula is C35H17BF20O3S. The van der Waals surface area contributed by atoms with E-state index in [0.29, 0.717) is 0 Å². The molecule has 25 heteroatoms. The summed E-state index contributed by atoms with van der Waals surface area (Å²) in [5.74, 6) is -68.8. The number of phenolic OH excluding ortho intramolecular Hbond substituents is 1. The highest BCUT2D eigenvalue weighted by Crippen LogP contribution is 2.31. The number of phenols is 1. The van der Waals surface area contributed by atoms with Crippen LogP contribution in [0.4, 0.5) is 87.8 Å². The van der Waals surface area contributed by atoms with Crippen molar-refractivity contribution in [2.45, 2.75) is 5.75 Å². The van der Waals surface area contributed by atoms with Crippen molar-refractivity contribution in [3.05, 3.63) is 146 Å². The van der Waals surface area contributed by atoms with Gasteiger partial charge in [0.05, 0.1) is 13.2 Å². The maximum absolute atomic E-state index is 15.4. The molecule has 0 aromatic heterocycles. The molecule has 0 amide bonds. The molecule has 5 rings (SSSR count). The van der Waals surface area contributed by atoms with E-state index in [4.69, 9.17) is 15.3 Å². The minimum absolute atomic E-state index is 0.0363. The Balaban J connectivity index is 0.000000445. The molecule has 0 spiro atoms. The standard InChI is InChI=1S/C24BF20.C11H16O3S/c26-5-1(6(27)14(35)21(42)13(5)34)25(2-7(28)15(36)22(43)16(37)8(2)29,3-9(30)17(38)23(44)18(39)10(3)31)4-11(32)19(40)24(45)20(41)12(4)33;12-5-7-15(8-6-13)9-10-1-3-11(14)4-2-10/h;1-4,12-13H,5-9H2/q-1;/p+1. The number of hydrogen-bond acceptors (Lipinski definition) is 3. The fraction of sp³-hybridized carbons (Fsp3) is 0.143. The van der Waals surface area contributed by atoms with Gasteiger partial charge in [0, 0.05) is 5.56 Å². The van der Waals surface area contributed by atoms with Gasteiger partial charge in [0.25, 0.3) is 0 Å².